The van der Waals surface area contributed by atoms with Crippen molar-refractivity contribution in [1.82, 2.24) is 10.2 Å². The number of nitrogens with zero attached hydrogens (tertiary/aromatic N) is 1. The summed E-state index contributed by atoms with van der Waals surface area (Å²) in [6.45, 7) is 10.3. The van der Waals surface area contributed by atoms with E-state index in [-0.39, 0.29) is 11.9 Å². The predicted octanol–water partition coefficient (Wildman–Crippen LogP) is 5.60. The number of carbonyl (C=O) groups is 1. The van der Waals surface area contributed by atoms with Gasteiger partial charge in [0.1, 0.15) is 0 Å². The molecule has 0 radical (unpaired) electrons. The lowest BCUT2D eigenvalue weighted by atomic mass is 9.94. The number of piperidine rings is 1. The second-order valence-corrected chi connectivity index (χ2v) is 9.20. The van der Waals surface area contributed by atoms with Crippen LogP contribution in [0, 0.1) is 5.92 Å². The maximum Gasteiger partial charge on any atom is 0.220 e. The minimum Gasteiger partial charge on any atom is -0.493 e. The van der Waals surface area contributed by atoms with Crippen molar-refractivity contribution >= 4 is 5.91 Å². The minimum absolute atomic E-state index is 0.110. The number of unbranched alkanes of at least 4 members (excludes halogenated alkanes) is 4. The zero-order chi connectivity index (χ0) is 23.2. The van der Waals surface area contributed by atoms with Gasteiger partial charge >= 0.3 is 0 Å². The number of likely N-dealkylation sites (tertiary alicyclic amines) is 1. The largest absolute Gasteiger partial charge is 0.493 e. The predicted molar refractivity (Wildman–Crippen MR) is 133 cm³/mol. The van der Waals surface area contributed by atoms with E-state index in [4.69, 9.17) is 9.47 Å². The van der Waals surface area contributed by atoms with Gasteiger partial charge < -0.3 is 19.7 Å². The van der Waals surface area contributed by atoms with Crippen LogP contribution in [0.15, 0.2) is 18.2 Å². The van der Waals surface area contributed by atoms with Crippen LogP contribution in [0.2, 0.25) is 0 Å². The molecule has 1 N–H and O–H groups in total. The third kappa shape index (κ3) is 9.40. The molecule has 1 atom stereocenters. The molecule has 0 aromatic heterocycles. The highest BCUT2D eigenvalue weighted by atomic mass is 16.5. The van der Waals surface area contributed by atoms with Gasteiger partial charge in [-0.15, -0.1) is 0 Å². The third-order valence-corrected chi connectivity index (χ3v) is 6.65. The van der Waals surface area contributed by atoms with Crippen LogP contribution in [0.5, 0.6) is 11.5 Å². The molecule has 1 aromatic rings. The van der Waals surface area contributed by atoms with Gasteiger partial charge in [0.25, 0.3) is 0 Å². The maximum atomic E-state index is 12.7. The molecule has 1 amide bonds. The number of ether oxygens (including phenoxy) is 2. The Morgan fingerprint density at radius 1 is 1.09 bits per heavy atom. The van der Waals surface area contributed by atoms with Gasteiger partial charge in [-0.2, -0.15) is 0 Å². The zero-order valence-electron chi connectivity index (χ0n) is 21.0. The number of hydrogen-bond donors (Lipinski definition) is 1. The zero-order valence-corrected chi connectivity index (χ0v) is 21.0. The molecule has 5 nitrogen and oxygen atoms in total. The second kappa shape index (κ2) is 15.2. The van der Waals surface area contributed by atoms with E-state index in [0.29, 0.717) is 13.0 Å². The summed E-state index contributed by atoms with van der Waals surface area (Å²) in [4.78, 5) is 15.2. The molecular weight excluding hydrogens is 400 g/mol. The van der Waals surface area contributed by atoms with E-state index in [1.54, 1.807) is 7.11 Å². The summed E-state index contributed by atoms with van der Waals surface area (Å²) in [6, 6.07) is 6.25. The molecule has 1 fully saturated rings. The molecule has 1 heterocycles. The number of hydrogen-bond acceptors (Lipinski definition) is 4. The number of methoxy groups -OCH3 is 1. The Labute approximate surface area is 196 Å². The van der Waals surface area contributed by atoms with E-state index in [0.717, 1.165) is 56.3 Å². The SMILES string of the molecule is CCCCCCCC(=O)N[C@@H](Cc1ccc(OCC)c(OC)c1)CN1CCC(CC)CC1. The lowest BCUT2D eigenvalue weighted by Crippen LogP contribution is -2.47. The van der Waals surface area contributed by atoms with Gasteiger partial charge in [0.15, 0.2) is 11.5 Å². The van der Waals surface area contributed by atoms with E-state index in [2.05, 4.69) is 36.2 Å². The number of carbonyl (C=O) groups excluding carboxylic acids is 1. The summed E-state index contributed by atoms with van der Waals surface area (Å²) in [5.41, 5.74) is 1.17. The quantitative estimate of drug-likeness (QED) is 0.356. The summed E-state index contributed by atoms with van der Waals surface area (Å²) in [5.74, 6) is 2.58. The normalized spacial score (nSPS) is 16.0. The van der Waals surface area contributed by atoms with Crippen LogP contribution in [0.4, 0.5) is 0 Å². The van der Waals surface area contributed by atoms with Crippen molar-refractivity contribution in [3.05, 3.63) is 23.8 Å². The van der Waals surface area contributed by atoms with Gasteiger partial charge in [-0.3, -0.25) is 4.79 Å². The highest BCUT2D eigenvalue weighted by molar-refractivity contribution is 5.76. The Bertz CT molecular complexity index is 656. The molecule has 0 unspecified atom stereocenters. The van der Waals surface area contributed by atoms with Crippen molar-refractivity contribution in [3.63, 3.8) is 0 Å². The Kier molecular flexibility index (Phi) is 12.5. The molecule has 0 bridgehead atoms. The molecule has 32 heavy (non-hydrogen) atoms. The number of nitrogens with one attached hydrogen (secondary N) is 1. The minimum atomic E-state index is 0.110. The van der Waals surface area contributed by atoms with Gasteiger partial charge in [0.2, 0.25) is 5.91 Å². The topological polar surface area (TPSA) is 50.8 Å². The number of rotatable bonds is 15. The highest BCUT2D eigenvalue weighted by Gasteiger charge is 2.22. The van der Waals surface area contributed by atoms with Crippen LogP contribution < -0.4 is 14.8 Å². The fourth-order valence-corrected chi connectivity index (χ4v) is 4.64. The monoisotopic (exact) mass is 446 g/mol. The first-order valence-electron chi connectivity index (χ1n) is 12.9. The summed E-state index contributed by atoms with van der Waals surface area (Å²) in [6.07, 6.45) is 11.1. The van der Waals surface area contributed by atoms with Crippen molar-refractivity contribution in [2.45, 2.75) is 91.0 Å². The molecule has 0 aliphatic carbocycles. The Balaban J connectivity index is 1.99. The lowest BCUT2D eigenvalue weighted by molar-refractivity contribution is -0.122. The van der Waals surface area contributed by atoms with Crippen LogP contribution >= 0.6 is 0 Å². The fraction of sp³-hybridized carbons (Fsp3) is 0.741. The van der Waals surface area contributed by atoms with Crippen molar-refractivity contribution in [1.29, 1.82) is 0 Å². The second-order valence-electron chi connectivity index (χ2n) is 9.20. The molecule has 1 aromatic carbocycles. The van der Waals surface area contributed by atoms with E-state index in [1.165, 1.54) is 44.1 Å². The highest BCUT2D eigenvalue weighted by Crippen LogP contribution is 2.29. The van der Waals surface area contributed by atoms with Crippen molar-refractivity contribution in [2.24, 2.45) is 5.92 Å². The summed E-state index contributed by atoms with van der Waals surface area (Å²) in [5, 5.41) is 3.35. The number of amides is 1. The van der Waals surface area contributed by atoms with Gasteiger partial charge in [0.05, 0.1) is 13.7 Å². The third-order valence-electron chi connectivity index (χ3n) is 6.65. The van der Waals surface area contributed by atoms with Gasteiger partial charge in [-0.05, 0) is 69.3 Å². The molecular formula is C27H46N2O3. The van der Waals surface area contributed by atoms with E-state index in [1.807, 2.05) is 13.0 Å². The number of benzene rings is 1. The van der Waals surface area contributed by atoms with Crippen LogP contribution in [-0.2, 0) is 11.2 Å². The molecule has 0 spiro atoms. The maximum absolute atomic E-state index is 12.7. The standard InChI is InChI=1S/C27H46N2O3/c1-5-8-9-10-11-12-27(30)28-24(21-29-17-15-22(6-2)16-18-29)19-23-13-14-25(32-7-3)26(20-23)31-4/h13-14,20,22,24H,5-12,15-19,21H2,1-4H3,(H,28,30)/t24-/m0/s1. The molecule has 1 aliphatic heterocycles. The summed E-state index contributed by atoms with van der Waals surface area (Å²) >= 11 is 0. The molecule has 1 aliphatic rings. The van der Waals surface area contributed by atoms with Gasteiger partial charge in [0, 0.05) is 19.0 Å². The van der Waals surface area contributed by atoms with Crippen LogP contribution in [0.25, 0.3) is 0 Å². The molecule has 0 saturated carbocycles. The lowest BCUT2D eigenvalue weighted by Gasteiger charge is -2.34. The average Bonchev–Trinajstić information content (AvgIpc) is 2.80. The van der Waals surface area contributed by atoms with E-state index in [9.17, 15) is 4.79 Å². The first kappa shape index (κ1) is 26.5. The Morgan fingerprint density at radius 3 is 2.50 bits per heavy atom. The fourth-order valence-electron chi connectivity index (χ4n) is 4.64. The Hall–Kier alpha value is -1.75. The first-order chi connectivity index (χ1) is 15.6. The first-order valence-corrected chi connectivity index (χ1v) is 12.9. The van der Waals surface area contributed by atoms with Crippen molar-refractivity contribution in [3.8, 4) is 11.5 Å². The summed E-state index contributed by atoms with van der Waals surface area (Å²) in [7, 11) is 1.68. The van der Waals surface area contributed by atoms with Crippen LogP contribution in [-0.4, -0.2) is 50.2 Å². The summed E-state index contributed by atoms with van der Waals surface area (Å²) < 4.78 is 11.2. The van der Waals surface area contributed by atoms with Gasteiger partial charge in [-0.1, -0.05) is 52.0 Å². The Morgan fingerprint density at radius 2 is 1.84 bits per heavy atom. The van der Waals surface area contributed by atoms with Crippen molar-refractivity contribution in [2.75, 3.05) is 33.4 Å². The molecule has 2 rings (SSSR count). The average molecular weight is 447 g/mol. The molecule has 5 heteroatoms. The molecule has 182 valence electrons. The van der Waals surface area contributed by atoms with Crippen LogP contribution in [0.3, 0.4) is 0 Å². The molecule has 1 saturated heterocycles. The van der Waals surface area contributed by atoms with Crippen molar-refractivity contribution < 1.29 is 14.3 Å². The smallest absolute Gasteiger partial charge is 0.220 e. The van der Waals surface area contributed by atoms with E-state index >= 15 is 0 Å². The van der Waals surface area contributed by atoms with Crippen LogP contribution in [0.1, 0.15) is 84.1 Å². The van der Waals surface area contributed by atoms with E-state index < -0.39 is 0 Å². The van der Waals surface area contributed by atoms with Gasteiger partial charge in [-0.25, -0.2) is 0 Å².